The van der Waals surface area contributed by atoms with Gasteiger partial charge in [0.1, 0.15) is 11.5 Å². The van der Waals surface area contributed by atoms with Crippen molar-refractivity contribution in [1.29, 1.82) is 0 Å². The molecule has 1 aromatic rings. The highest BCUT2D eigenvalue weighted by Crippen LogP contribution is 2.70. The fraction of sp³-hybridized carbons (Fsp3) is 0.909. The highest BCUT2D eigenvalue weighted by molar-refractivity contribution is 5.40. The molecule has 38 heavy (non-hydrogen) atoms. The number of aromatic amines is 1. The van der Waals surface area contributed by atoms with Gasteiger partial charge in [-0.25, -0.2) is 4.98 Å². The van der Waals surface area contributed by atoms with Gasteiger partial charge in [0.2, 0.25) is 0 Å². The molecule has 9 atom stereocenters. The summed E-state index contributed by atoms with van der Waals surface area (Å²) in [6, 6.07) is 0. The highest BCUT2D eigenvalue weighted by atomic mass is 16.5. The smallest absolute Gasteiger partial charge is 0.142 e. The molecular weight excluding hydrogens is 470 g/mol. The molecule has 5 heteroatoms. The van der Waals surface area contributed by atoms with Gasteiger partial charge in [-0.2, -0.15) is 0 Å². The molecule has 0 saturated heterocycles. The van der Waals surface area contributed by atoms with Crippen LogP contribution in [-0.2, 0) is 4.74 Å². The van der Waals surface area contributed by atoms with Gasteiger partial charge < -0.3 is 19.7 Å². The van der Waals surface area contributed by atoms with Crippen LogP contribution in [0.2, 0.25) is 0 Å². The first kappa shape index (κ1) is 28.5. The van der Waals surface area contributed by atoms with Gasteiger partial charge in [0.05, 0.1) is 18.1 Å². The largest absolute Gasteiger partial charge is 0.389 e. The molecule has 1 heterocycles. The molecule has 0 bridgehead atoms. The van der Waals surface area contributed by atoms with Gasteiger partial charge in [0, 0.05) is 25.5 Å². The van der Waals surface area contributed by atoms with E-state index < -0.39 is 11.3 Å². The summed E-state index contributed by atoms with van der Waals surface area (Å²) in [6.45, 7) is 15.5. The zero-order valence-corrected chi connectivity index (χ0v) is 25.6. The second kappa shape index (κ2) is 10.4. The summed E-state index contributed by atoms with van der Waals surface area (Å²) in [4.78, 5) is 10.0. The SMILES string of the molecule is CCN(c1cnc[nH]1)C1(OC)CC[C@]2(O)CC[C@H]3[C@@H]4CC[C@H]([C@H](C)CCCC(C)C)[C@@]4(C)CC[C@@H]3[C@@]2(C)C1. The zero-order valence-electron chi connectivity index (χ0n) is 25.6. The number of H-pyrrole nitrogens is 1. The fourth-order valence-electron chi connectivity index (χ4n) is 10.9. The van der Waals surface area contributed by atoms with Crippen molar-refractivity contribution < 1.29 is 9.84 Å². The Morgan fingerprint density at radius 2 is 1.84 bits per heavy atom. The van der Waals surface area contributed by atoms with Gasteiger partial charge >= 0.3 is 0 Å². The van der Waals surface area contributed by atoms with Crippen molar-refractivity contribution in [3.8, 4) is 0 Å². The number of methoxy groups -OCH3 is 1. The van der Waals surface area contributed by atoms with Crippen LogP contribution in [0.5, 0.6) is 0 Å². The lowest BCUT2D eigenvalue weighted by molar-refractivity contribution is -0.242. The molecule has 1 aromatic heterocycles. The van der Waals surface area contributed by atoms with E-state index in [1.165, 1.54) is 51.4 Å². The van der Waals surface area contributed by atoms with Crippen molar-refractivity contribution in [3.63, 3.8) is 0 Å². The summed E-state index contributed by atoms with van der Waals surface area (Å²) in [5, 5.41) is 12.3. The maximum absolute atomic E-state index is 12.3. The van der Waals surface area contributed by atoms with Gasteiger partial charge in [-0.3, -0.25) is 0 Å². The standard InChI is InChI=1S/C33H57N3O2/c1-8-36(29-20-34-22-35-29)33(38-7)19-18-32(37)17-14-25-27-13-12-26(24(4)11-9-10-23(2)3)30(27,5)16-15-28(25)31(32,6)21-33/h20,22-28,37H,8-19,21H2,1-7H3,(H,34,35)/t24-,25+,26-,27+,28+,30-,31-,32-,33?/m1/s1. The minimum Gasteiger partial charge on any atom is -0.389 e. The first-order chi connectivity index (χ1) is 18.0. The van der Waals surface area contributed by atoms with Crippen molar-refractivity contribution in [3.05, 3.63) is 12.5 Å². The molecule has 5 rings (SSSR count). The minimum atomic E-state index is -0.584. The summed E-state index contributed by atoms with van der Waals surface area (Å²) < 4.78 is 6.47. The Kier molecular flexibility index (Phi) is 7.79. The number of fused-ring (bicyclic) bond motifs is 5. The van der Waals surface area contributed by atoms with Gasteiger partial charge in [-0.15, -0.1) is 0 Å². The van der Waals surface area contributed by atoms with E-state index in [4.69, 9.17) is 4.74 Å². The molecule has 4 aliphatic rings. The van der Waals surface area contributed by atoms with Crippen molar-refractivity contribution in [2.75, 3.05) is 18.6 Å². The van der Waals surface area contributed by atoms with E-state index in [-0.39, 0.29) is 5.41 Å². The van der Waals surface area contributed by atoms with E-state index >= 15 is 0 Å². The summed E-state index contributed by atoms with van der Waals surface area (Å²) in [7, 11) is 1.88. The number of anilines is 1. The van der Waals surface area contributed by atoms with Crippen LogP contribution < -0.4 is 4.90 Å². The third-order valence-electron chi connectivity index (χ3n) is 12.9. The number of ether oxygens (including phenoxy) is 1. The molecule has 0 amide bonds. The minimum absolute atomic E-state index is 0.139. The predicted octanol–water partition coefficient (Wildman–Crippen LogP) is 7.81. The van der Waals surface area contributed by atoms with Crippen LogP contribution >= 0.6 is 0 Å². The fourth-order valence-corrected chi connectivity index (χ4v) is 10.9. The second-order valence-electron chi connectivity index (χ2n) is 14.9. The lowest BCUT2D eigenvalue weighted by atomic mass is 9.42. The Bertz CT molecular complexity index is 935. The number of rotatable bonds is 9. The van der Waals surface area contributed by atoms with Crippen molar-refractivity contribution >= 4 is 5.82 Å². The predicted molar refractivity (Wildman–Crippen MR) is 156 cm³/mol. The number of nitrogens with one attached hydrogen (secondary N) is 1. The van der Waals surface area contributed by atoms with Crippen LogP contribution in [0.1, 0.15) is 119 Å². The van der Waals surface area contributed by atoms with E-state index in [0.717, 1.165) is 67.6 Å². The summed E-state index contributed by atoms with van der Waals surface area (Å²) >= 11 is 0. The number of hydrogen-bond acceptors (Lipinski definition) is 4. The number of aromatic nitrogens is 2. The highest BCUT2D eigenvalue weighted by Gasteiger charge is 2.67. The lowest BCUT2D eigenvalue weighted by Gasteiger charge is -2.66. The number of aliphatic hydroxyl groups is 1. The Morgan fingerprint density at radius 1 is 1.05 bits per heavy atom. The number of hydrogen-bond donors (Lipinski definition) is 2. The zero-order chi connectivity index (χ0) is 27.3. The first-order valence-corrected chi connectivity index (χ1v) is 16.1. The van der Waals surface area contributed by atoms with Crippen LogP contribution in [0.25, 0.3) is 0 Å². The Balaban J connectivity index is 1.39. The van der Waals surface area contributed by atoms with Crippen molar-refractivity contribution in [2.24, 2.45) is 46.3 Å². The molecule has 0 spiro atoms. The molecule has 1 unspecified atom stereocenters. The van der Waals surface area contributed by atoms with E-state index in [0.29, 0.717) is 11.3 Å². The second-order valence-corrected chi connectivity index (χ2v) is 14.9. The maximum atomic E-state index is 12.3. The molecule has 0 aliphatic heterocycles. The topological polar surface area (TPSA) is 61.4 Å². The third kappa shape index (κ3) is 4.37. The Labute approximate surface area is 232 Å². The van der Waals surface area contributed by atoms with E-state index in [1.807, 2.05) is 13.3 Å². The molecular formula is C33H57N3O2. The molecule has 4 aliphatic carbocycles. The molecule has 2 N–H and O–H groups in total. The normalized spacial score (nSPS) is 43.4. The van der Waals surface area contributed by atoms with E-state index in [2.05, 4.69) is 56.4 Å². The van der Waals surface area contributed by atoms with Crippen LogP contribution in [-0.4, -0.2) is 40.1 Å². The first-order valence-electron chi connectivity index (χ1n) is 16.1. The molecule has 4 saturated carbocycles. The summed E-state index contributed by atoms with van der Waals surface area (Å²) in [6.07, 6.45) is 18.0. The Morgan fingerprint density at radius 3 is 2.50 bits per heavy atom. The lowest BCUT2D eigenvalue weighted by Crippen LogP contribution is -2.68. The summed E-state index contributed by atoms with van der Waals surface area (Å²) in [5.74, 6) is 5.67. The molecule has 216 valence electrons. The quantitative estimate of drug-likeness (QED) is 0.321. The van der Waals surface area contributed by atoms with Gasteiger partial charge in [0.15, 0.2) is 0 Å². The van der Waals surface area contributed by atoms with Gasteiger partial charge in [-0.1, -0.05) is 53.9 Å². The van der Waals surface area contributed by atoms with Crippen molar-refractivity contribution in [1.82, 2.24) is 9.97 Å². The van der Waals surface area contributed by atoms with Crippen LogP contribution in [0.3, 0.4) is 0 Å². The van der Waals surface area contributed by atoms with Crippen LogP contribution in [0.15, 0.2) is 12.5 Å². The monoisotopic (exact) mass is 527 g/mol. The van der Waals surface area contributed by atoms with E-state index in [1.54, 1.807) is 6.33 Å². The molecule has 0 radical (unpaired) electrons. The summed E-state index contributed by atoms with van der Waals surface area (Å²) in [5.41, 5.74) is -0.657. The number of nitrogens with zero attached hydrogens (tertiary/aromatic N) is 2. The van der Waals surface area contributed by atoms with E-state index in [9.17, 15) is 5.11 Å². The maximum Gasteiger partial charge on any atom is 0.142 e. The van der Waals surface area contributed by atoms with Gasteiger partial charge in [0.25, 0.3) is 0 Å². The molecule has 5 nitrogen and oxygen atoms in total. The van der Waals surface area contributed by atoms with Crippen LogP contribution in [0.4, 0.5) is 5.82 Å². The van der Waals surface area contributed by atoms with Crippen molar-refractivity contribution in [2.45, 2.75) is 130 Å². The molecule has 4 fully saturated rings. The average Bonchev–Trinajstić information content (AvgIpc) is 3.52. The van der Waals surface area contributed by atoms with Gasteiger partial charge in [-0.05, 0) is 99.2 Å². The third-order valence-corrected chi connectivity index (χ3v) is 12.9. The van der Waals surface area contributed by atoms with Crippen LogP contribution in [0, 0.1) is 46.3 Å². The molecule has 0 aromatic carbocycles. The number of imidazole rings is 1. The average molecular weight is 528 g/mol. The Hall–Kier alpha value is -1.07.